The molecule has 0 N–H and O–H groups in total. The second-order valence-corrected chi connectivity index (χ2v) is 10.9. The molecule has 0 unspecified atom stereocenters. The highest BCUT2D eigenvalue weighted by Gasteiger charge is 2.66. The summed E-state index contributed by atoms with van der Waals surface area (Å²) in [6.07, 6.45) is -4.81. The Morgan fingerprint density at radius 1 is 1.11 bits per heavy atom. The molecule has 0 bridgehead atoms. The number of anilines is 1. The molecule has 1 saturated carbocycles. The van der Waals surface area contributed by atoms with Gasteiger partial charge in [-0.2, -0.15) is 18.3 Å². The Hall–Kier alpha value is -3.37. The number of carbonyl (C=O) groups is 1. The third kappa shape index (κ3) is 4.35. The largest absolute Gasteiger partial charge is 0.443 e. The normalized spacial score (nSPS) is 16.9. The number of carbonyl (C=O) groups excluding carboxylic acids is 1. The number of aromatic nitrogens is 3. The first-order valence-electron chi connectivity index (χ1n) is 12.6. The average molecular weight is 537 g/mol. The van der Waals surface area contributed by atoms with Crippen molar-refractivity contribution in [2.75, 3.05) is 11.4 Å². The SMILES string of the molecule is CCn1nc(C2(C(F)(F)F)CC2)cc1N1CCc2c(cc(-c3c(F)cccc3F)n2C(=O)OC(C)(C)C)C1. The molecule has 3 aromatic rings. The Morgan fingerprint density at radius 3 is 2.32 bits per heavy atom. The summed E-state index contributed by atoms with van der Waals surface area (Å²) < 4.78 is 79.3. The van der Waals surface area contributed by atoms with Crippen LogP contribution in [0.4, 0.5) is 32.6 Å². The van der Waals surface area contributed by atoms with E-state index in [1.54, 1.807) is 38.4 Å². The van der Waals surface area contributed by atoms with Gasteiger partial charge in [0.15, 0.2) is 0 Å². The van der Waals surface area contributed by atoms with Gasteiger partial charge < -0.3 is 9.64 Å². The quantitative estimate of drug-likeness (QED) is 0.353. The fourth-order valence-corrected chi connectivity index (χ4v) is 5.11. The Labute approximate surface area is 217 Å². The Kier molecular flexibility index (Phi) is 6.11. The van der Waals surface area contributed by atoms with Gasteiger partial charge in [0.05, 0.1) is 17.0 Å². The lowest BCUT2D eigenvalue weighted by Gasteiger charge is -2.30. The zero-order valence-electron chi connectivity index (χ0n) is 21.6. The van der Waals surface area contributed by atoms with Gasteiger partial charge in [0.1, 0.15) is 28.5 Å². The molecule has 3 heterocycles. The van der Waals surface area contributed by atoms with Crippen LogP contribution in [0.15, 0.2) is 30.3 Å². The lowest BCUT2D eigenvalue weighted by molar-refractivity contribution is -0.161. The molecule has 6 nitrogen and oxygen atoms in total. The van der Waals surface area contributed by atoms with Gasteiger partial charge in [-0.3, -0.25) is 0 Å². The first-order valence-corrected chi connectivity index (χ1v) is 12.6. The summed E-state index contributed by atoms with van der Waals surface area (Å²) in [5.41, 5.74) is -1.89. The van der Waals surface area contributed by atoms with E-state index in [9.17, 15) is 26.7 Å². The van der Waals surface area contributed by atoms with E-state index < -0.39 is 34.9 Å². The molecule has 204 valence electrons. The van der Waals surface area contributed by atoms with Crippen molar-refractivity contribution in [1.82, 2.24) is 14.3 Å². The van der Waals surface area contributed by atoms with Crippen LogP contribution < -0.4 is 4.90 Å². The van der Waals surface area contributed by atoms with E-state index in [1.807, 2.05) is 4.90 Å². The van der Waals surface area contributed by atoms with Crippen LogP contribution in [0.5, 0.6) is 0 Å². The minimum absolute atomic E-state index is 0.00749. The van der Waals surface area contributed by atoms with Crippen molar-refractivity contribution in [3.63, 3.8) is 0 Å². The predicted octanol–water partition coefficient (Wildman–Crippen LogP) is 6.59. The molecule has 5 rings (SSSR count). The molecule has 11 heteroatoms. The summed E-state index contributed by atoms with van der Waals surface area (Å²) in [5.74, 6) is -1.11. The maximum Gasteiger partial charge on any atom is 0.419 e. The van der Waals surface area contributed by atoms with Gasteiger partial charge in [-0.15, -0.1) is 0 Å². The first kappa shape index (κ1) is 26.2. The molecule has 1 fully saturated rings. The number of rotatable bonds is 4. The fraction of sp³-hybridized carbons (Fsp3) is 0.481. The lowest BCUT2D eigenvalue weighted by Crippen LogP contribution is -2.34. The van der Waals surface area contributed by atoms with Gasteiger partial charge >= 0.3 is 12.3 Å². The van der Waals surface area contributed by atoms with Crippen molar-refractivity contribution in [3.05, 3.63) is 58.9 Å². The van der Waals surface area contributed by atoms with Crippen LogP contribution in [0.3, 0.4) is 0 Å². The smallest absolute Gasteiger partial charge is 0.419 e. The van der Waals surface area contributed by atoms with Gasteiger partial charge in [0, 0.05) is 37.8 Å². The Balaban J connectivity index is 1.56. The molecule has 2 aliphatic rings. The van der Waals surface area contributed by atoms with Gasteiger partial charge in [-0.25, -0.2) is 22.8 Å². The van der Waals surface area contributed by atoms with Crippen LogP contribution in [0, 0.1) is 11.6 Å². The highest BCUT2D eigenvalue weighted by Crippen LogP contribution is 2.58. The van der Waals surface area contributed by atoms with Crippen LogP contribution in [-0.2, 0) is 29.7 Å². The van der Waals surface area contributed by atoms with Crippen molar-refractivity contribution in [1.29, 1.82) is 0 Å². The molecule has 38 heavy (non-hydrogen) atoms. The topological polar surface area (TPSA) is 52.3 Å². The van der Waals surface area contributed by atoms with Crippen LogP contribution in [0.25, 0.3) is 11.3 Å². The second-order valence-electron chi connectivity index (χ2n) is 10.9. The van der Waals surface area contributed by atoms with Crippen molar-refractivity contribution in [2.24, 2.45) is 0 Å². The number of fused-ring (bicyclic) bond motifs is 1. The summed E-state index contributed by atoms with van der Waals surface area (Å²) in [4.78, 5) is 15.1. The molecular weight excluding hydrogens is 507 g/mol. The number of aryl methyl sites for hydroxylation is 1. The third-order valence-electron chi connectivity index (χ3n) is 7.13. The van der Waals surface area contributed by atoms with E-state index >= 15 is 0 Å². The molecule has 1 aliphatic carbocycles. The number of alkyl halides is 3. The summed E-state index contributed by atoms with van der Waals surface area (Å²) in [6, 6.07) is 6.53. The molecule has 0 spiro atoms. The van der Waals surface area contributed by atoms with E-state index in [0.717, 1.165) is 12.1 Å². The molecule has 1 aromatic carbocycles. The highest BCUT2D eigenvalue weighted by molar-refractivity contribution is 5.81. The maximum absolute atomic E-state index is 14.8. The fourth-order valence-electron chi connectivity index (χ4n) is 5.11. The molecule has 0 atom stereocenters. The van der Waals surface area contributed by atoms with Crippen molar-refractivity contribution in [2.45, 2.75) is 77.2 Å². The zero-order chi connectivity index (χ0) is 27.6. The summed E-state index contributed by atoms with van der Waals surface area (Å²) in [5, 5.41) is 4.30. The van der Waals surface area contributed by atoms with Crippen LogP contribution in [-0.4, -0.2) is 38.8 Å². The van der Waals surface area contributed by atoms with E-state index in [-0.39, 0.29) is 36.3 Å². The zero-order valence-corrected chi connectivity index (χ0v) is 21.6. The first-order chi connectivity index (χ1) is 17.8. The van der Waals surface area contributed by atoms with Gasteiger partial charge in [-0.05, 0) is 64.3 Å². The van der Waals surface area contributed by atoms with E-state index in [1.165, 1.54) is 16.7 Å². The Bertz CT molecular complexity index is 1380. The van der Waals surface area contributed by atoms with Crippen LogP contribution in [0.2, 0.25) is 0 Å². The summed E-state index contributed by atoms with van der Waals surface area (Å²) >= 11 is 0. The number of benzene rings is 1. The molecule has 0 amide bonds. The van der Waals surface area contributed by atoms with Gasteiger partial charge in [0.2, 0.25) is 0 Å². The lowest BCUT2D eigenvalue weighted by atomic mass is 10.0. The number of halogens is 5. The second kappa shape index (κ2) is 8.84. The van der Waals surface area contributed by atoms with Crippen molar-refractivity contribution >= 4 is 11.9 Å². The number of hydrogen-bond donors (Lipinski definition) is 0. The monoisotopic (exact) mass is 536 g/mol. The standard InChI is InChI=1S/C27H29F5N4O2/c1-5-35-22(14-21(33-35)26(10-11-26)27(30,31)32)34-12-9-19-16(15-34)13-20(23-17(28)7-6-8-18(23)29)36(19)24(37)38-25(2,3)4/h6-8,13-14H,5,9-12,15H2,1-4H3. The van der Waals surface area contributed by atoms with Crippen molar-refractivity contribution in [3.8, 4) is 11.3 Å². The van der Waals surface area contributed by atoms with E-state index in [4.69, 9.17) is 4.74 Å². The third-order valence-corrected chi connectivity index (χ3v) is 7.13. The molecular formula is C27H29F5N4O2. The predicted molar refractivity (Wildman–Crippen MR) is 131 cm³/mol. The summed E-state index contributed by atoms with van der Waals surface area (Å²) in [7, 11) is 0. The molecule has 0 saturated heterocycles. The van der Waals surface area contributed by atoms with E-state index in [2.05, 4.69) is 5.10 Å². The minimum atomic E-state index is -4.38. The number of hydrogen-bond acceptors (Lipinski definition) is 4. The minimum Gasteiger partial charge on any atom is -0.443 e. The summed E-state index contributed by atoms with van der Waals surface area (Å²) in [6.45, 7) is 7.86. The van der Waals surface area contributed by atoms with Gasteiger partial charge in [0.25, 0.3) is 0 Å². The Morgan fingerprint density at radius 2 is 1.76 bits per heavy atom. The molecule has 0 radical (unpaired) electrons. The van der Waals surface area contributed by atoms with Gasteiger partial charge in [-0.1, -0.05) is 6.07 Å². The highest BCUT2D eigenvalue weighted by atomic mass is 19.4. The average Bonchev–Trinajstić information content (AvgIpc) is 3.39. The van der Waals surface area contributed by atoms with Crippen molar-refractivity contribution < 1.29 is 31.5 Å². The number of ether oxygens (including phenoxy) is 1. The maximum atomic E-state index is 14.8. The van der Waals surface area contributed by atoms with Crippen LogP contribution >= 0.6 is 0 Å². The number of nitrogens with zero attached hydrogens (tertiary/aromatic N) is 4. The van der Waals surface area contributed by atoms with E-state index in [0.29, 0.717) is 36.6 Å². The molecule has 2 aromatic heterocycles. The van der Waals surface area contributed by atoms with Crippen LogP contribution in [0.1, 0.15) is 57.5 Å². The molecule has 1 aliphatic heterocycles.